The highest BCUT2D eigenvalue weighted by Crippen LogP contribution is 2.32. The highest BCUT2D eigenvalue weighted by molar-refractivity contribution is 9.11. The number of halogens is 2. The Morgan fingerprint density at radius 2 is 2.00 bits per heavy atom. The normalized spacial score (nSPS) is 11.1. The summed E-state index contributed by atoms with van der Waals surface area (Å²) in [5, 5.41) is 17.7. The number of phenols is 1. The first kappa shape index (κ1) is 16.7. The molecule has 6 nitrogen and oxygen atoms in total. The number of amides is 1. The van der Waals surface area contributed by atoms with Crippen molar-refractivity contribution < 1.29 is 9.90 Å². The number of carbonyl (C=O) groups excluding carboxylic acids is 1. The number of hydrogen-bond donors (Lipinski definition) is 2. The topological polar surface area (TPSA) is 79.5 Å². The first-order valence-electron chi connectivity index (χ1n) is 6.38. The zero-order valence-corrected chi connectivity index (χ0v) is 15.1. The van der Waals surface area contributed by atoms with Crippen molar-refractivity contribution in [2.24, 2.45) is 5.10 Å². The molecule has 2 N–H and O–H groups in total. The second-order valence-corrected chi connectivity index (χ2v) is 6.42. The van der Waals surface area contributed by atoms with Gasteiger partial charge in [-0.3, -0.25) is 9.48 Å². The van der Waals surface area contributed by atoms with Crippen LogP contribution in [0.3, 0.4) is 0 Å². The van der Waals surface area contributed by atoms with Crippen LogP contribution in [0.25, 0.3) is 0 Å². The van der Waals surface area contributed by atoms with Gasteiger partial charge in [-0.15, -0.1) is 0 Å². The second-order valence-electron chi connectivity index (χ2n) is 4.71. The number of aryl methyl sites for hydroxylation is 2. The Morgan fingerprint density at radius 1 is 1.36 bits per heavy atom. The van der Waals surface area contributed by atoms with Crippen LogP contribution in [0.2, 0.25) is 0 Å². The predicted molar refractivity (Wildman–Crippen MR) is 90.9 cm³/mol. The van der Waals surface area contributed by atoms with Gasteiger partial charge in [0.1, 0.15) is 12.3 Å². The summed E-state index contributed by atoms with van der Waals surface area (Å²) < 4.78 is 2.70. The standard InChI is InChI=1S/C14H14Br2N4O2/c1-8-3-9(2)20(19-8)7-13(21)18-17-6-10-4-11(15)14(22)12(16)5-10/h3-6,22H,7H2,1-2H3,(H,18,21). The minimum Gasteiger partial charge on any atom is -0.506 e. The van der Waals surface area contributed by atoms with Crippen LogP contribution < -0.4 is 5.43 Å². The van der Waals surface area contributed by atoms with Gasteiger partial charge in [0, 0.05) is 5.69 Å². The maximum Gasteiger partial charge on any atom is 0.261 e. The summed E-state index contributed by atoms with van der Waals surface area (Å²) in [5.74, 6) is -0.148. The molecule has 2 rings (SSSR count). The zero-order valence-electron chi connectivity index (χ0n) is 12.0. The first-order valence-corrected chi connectivity index (χ1v) is 7.96. The lowest BCUT2D eigenvalue weighted by atomic mass is 10.2. The lowest BCUT2D eigenvalue weighted by Gasteiger charge is -2.03. The van der Waals surface area contributed by atoms with Crippen molar-refractivity contribution in [3.05, 3.63) is 44.1 Å². The molecule has 1 amide bonds. The molecule has 0 saturated heterocycles. The van der Waals surface area contributed by atoms with Crippen molar-refractivity contribution in [3.63, 3.8) is 0 Å². The summed E-state index contributed by atoms with van der Waals surface area (Å²) in [5.41, 5.74) is 4.96. The van der Waals surface area contributed by atoms with E-state index in [2.05, 4.69) is 47.5 Å². The van der Waals surface area contributed by atoms with E-state index in [9.17, 15) is 9.90 Å². The monoisotopic (exact) mass is 428 g/mol. The molecule has 116 valence electrons. The smallest absolute Gasteiger partial charge is 0.261 e. The minimum absolute atomic E-state index is 0.111. The number of hydrazone groups is 1. The number of phenolic OH excluding ortho intramolecular Hbond substituents is 1. The summed E-state index contributed by atoms with van der Waals surface area (Å²) in [7, 11) is 0. The molecule has 0 fully saturated rings. The second kappa shape index (κ2) is 7.06. The summed E-state index contributed by atoms with van der Waals surface area (Å²) in [6, 6.07) is 5.29. The molecule has 1 aromatic heterocycles. The fourth-order valence-electron chi connectivity index (χ4n) is 1.84. The summed E-state index contributed by atoms with van der Waals surface area (Å²) in [4.78, 5) is 11.8. The van der Waals surface area contributed by atoms with Crippen molar-refractivity contribution in [2.75, 3.05) is 0 Å². The lowest BCUT2D eigenvalue weighted by molar-refractivity contribution is -0.121. The number of rotatable bonds is 4. The Morgan fingerprint density at radius 3 is 2.55 bits per heavy atom. The Hall–Kier alpha value is -1.67. The maximum atomic E-state index is 11.8. The summed E-state index contributed by atoms with van der Waals surface area (Å²) in [6.07, 6.45) is 1.49. The van der Waals surface area contributed by atoms with Gasteiger partial charge in [0.25, 0.3) is 5.91 Å². The van der Waals surface area contributed by atoms with Crippen LogP contribution in [-0.2, 0) is 11.3 Å². The Labute approximate surface area is 144 Å². The van der Waals surface area contributed by atoms with E-state index in [4.69, 9.17) is 0 Å². The molecule has 2 aromatic rings. The van der Waals surface area contributed by atoms with Crippen molar-refractivity contribution in [3.8, 4) is 5.75 Å². The number of nitrogens with one attached hydrogen (secondary N) is 1. The van der Waals surface area contributed by atoms with Crippen molar-refractivity contribution in [1.82, 2.24) is 15.2 Å². The number of nitrogens with zero attached hydrogens (tertiary/aromatic N) is 3. The maximum absolute atomic E-state index is 11.8. The quantitative estimate of drug-likeness (QED) is 0.579. The molecule has 0 aliphatic heterocycles. The van der Waals surface area contributed by atoms with Gasteiger partial charge in [-0.25, -0.2) is 5.43 Å². The number of aromatic nitrogens is 2. The Kier molecular flexibility index (Phi) is 5.36. The summed E-state index contributed by atoms with van der Waals surface area (Å²) in [6.45, 7) is 3.88. The fourth-order valence-corrected chi connectivity index (χ4v) is 3.07. The minimum atomic E-state index is -0.264. The van der Waals surface area contributed by atoms with Gasteiger partial charge in [-0.1, -0.05) is 0 Å². The van der Waals surface area contributed by atoms with Crippen LogP contribution in [0.1, 0.15) is 17.0 Å². The number of carbonyl (C=O) groups is 1. The van der Waals surface area contributed by atoms with Crippen molar-refractivity contribution in [1.29, 1.82) is 0 Å². The van der Waals surface area contributed by atoms with Gasteiger partial charge in [0.2, 0.25) is 0 Å². The van der Waals surface area contributed by atoms with E-state index in [1.54, 1.807) is 16.8 Å². The molecule has 0 saturated carbocycles. The van der Waals surface area contributed by atoms with Gasteiger partial charge in [-0.05, 0) is 69.5 Å². The van der Waals surface area contributed by atoms with Crippen LogP contribution in [0.4, 0.5) is 0 Å². The molecule has 0 bridgehead atoms. The third-order valence-corrected chi connectivity index (χ3v) is 4.05. The third kappa shape index (κ3) is 4.17. The Bertz CT molecular complexity index is 717. The van der Waals surface area contributed by atoms with Crippen LogP contribution >= 0.6 is 31.9 Å². The molecular formula is C14H14Br2N4O2. The van der Waals surface area contributed by atoms with E-state index in [0.29, 0.717) is 8.95 Å². The van der Waals surface area contributed by atoms with E-state index in [0.717, 1.165) is 17.0 Å². The SMILES string of the molecule is Cc1cc(C)n(CC(=O)NN=Cc2cc(Br)c(O)c(Br)c2)n1. The van der Waals surface area contributed by atoms with Crippen molar-refractivity contribution >= 4 is 44.0 Å². The third-order valence-electron chi connectivity index (χ3n) is 2.84. The highest BCUT2D eigenvalue weighted by atomic mass is 79.9. The molecule has 0 aliphatic carbocycles. The van der Waals surface area contributed by atoms with Crippen LogP contribution in [0, 0.1) is 13.8 Å². The van der Waals surface area contributed by atoms with E-state index in [-0.39, 0.29) is 18.2 Å². The van der Waals surface area contributed by atoms with Crippen LogP contribution in [0.15, 0.2) is 32.2 Å². The van der Waals surface area contributed by atoms with Gasteiger partial charge in [0.05, 0.1) is 20.9 Å². The Balaban J connectivity index is 1.97. The molecule has 1 heterocycles. The van der Waals surface area contributed by atoms with E-state index < -0.39 is 0 Å². The van der Waals surface area contributed by atoms with Gasteiger partial charge in [-0.2, -0.15) is 10.2 Å². The van der Waals surface area contributed by atoms with Gasteiger partial charge in [0.15, 0.2) is 0 Å². The van der Waals surface area contributed by atoms with E-state index in [1.807, 2.05) is 19.9 Å². The average molecular weight is 430 g/mol. The van der Waals surface area contributed by atoms with Crippen LogP contribution in [-0.4, -0.2) is 27.0 Å². The molecular weight excluding hydrogens is 416 g/mol. The molecule has 22 heavy (non-hydrogen) atoms. The zero-order chi connectivity index (χ0) is 16.3. The molecule has 0 unspecified atom stereocenters. The van der Waals surface area contributed by atoms with E-state index >= 15 is 0 Å². The lowest BCUT2D eigenvalue weighted by Crippen LogP contribution is -2.24. The molecule has 0 aliphatic rings. The van der Waals surface area contributed by atoms with Gasteiger partial charge < -0.3 is 5.11 Å². The molecule has 8 heteroatoms. The first-order chi connectivity index (χ1) is 10.4. The van der Waals surface area contributed by atoms with Crippen molar-refractivity contribution in [2.45, 2.75) is 20.4 Å². The number of hydrogen-bond acceptors (Lipinski definition) is 4. The van der Waals surface area contributed by atoms with E-state index in [1.165, 1.54) is 6.21 Å². The molecule has 0 radical (unpaired) electrons. The van der Waals surface area contributed by atoms with Crippen LogP contribution in [0.5, 0.6) is 5.75 Å². The predicted octanol–water partition coefficient (Wildman–Crippen LogP) is 2.88. The van der Waals surface area contributed by atoms with Gasteiger partial charge >= 0.3 is 0 Å². The average Bonchev–Trinajstić information content (AvgIpc) is 2.74. The number of benzene rings is 1. The molecule has 0 atom stereocenters. The molecule has 0 spiro atoms. The largest absolute Gasteiger partial charge is 0.506 e. The molecule has 1 aromatic carbocycles. The number of aromatic hydroxyl groups is 1. The fraction of sp³-hybridized carbons (Fsp3) is 0.214. The highest BCUT2D eigenvalue weighted by Gasteiger charge is 2.07. The summed E-state index contributed by atoms with van der Waals surface area (Å²) >= 11 is 6.46.